The Morgan fingerprint density at radius 2 is 2.07 bits per heavy atom. The van der Waals surface area contributed by atoms with Crippen LogP contribution in [0.1, 0.15) is 56.7 Å². The van der Waals surface area contributed by atoms with Crippen molar-refractivity contribution in [2.24, 2.45) is 0 Å². The number of nitrogens with zero attached hydrogens (tertiary/aromatic N) is 2. The van der Waals surface area contributed by atoms with Crippen molar-refractivity contribution in [3.05, 3.63) is 29.7 Å². The molecule has 0 amide bonds. The summed E-state index contributed by atoms with van der Waals surface area (Å²) in [5.41, 5.74) is -1.30. The summed E-state index contributed by atoms with van der Waals surface area (Å²) in [6.07, 6.45) is 0.167. The van der Waals surface area contributed by atoms with E-state index >= 15 is 0 Å². The molecule has 9 heteroatoms. The normalized spacial score (nSPS) is 30.4. The molecule has 2 aromatic rings. The van der Waals surface area contributed by atoms with Crippen LogP contribution in [0.2, 0.25) is 0 Å². The van der Waals surface area contributed by atoms with Crippen molar-refractivity contribution < 1.29 is 27.8 Å². The first-order valence-corrected chi connectivity index (χ1v) is 9.73. The smallest absolute Gasteiger partial charge is 0.420 e. The minimum Gasteiger partial charge on any atom is -0.490 e. The van der Waals surface area contributed by atoms with Gasteiger partial charge in [-0.1, -0.05) is 0 Å². The Kier molecular flexibility index (Phi) is 4.85. The van der Waals surface area contributed by atoms with Gasteiger partial charge in [-0.25, -0.2) is 4.98 Å². The second kappa shape index (κ2) is 6.98. The summed E-state index contributed by atoms with van der Waals surface area (Å²) in [5.74, 6) is 0.128. The van der Waals surface area contributed by atoms with Crippen molar-refractivity contribution >= 4 is 11.4 Å². The van der Waals surface area contributed by atoms with Gasteiger partial charge in [0.15, 0.2) is 0 Å². The van der Waals surface area contributed by atoms with Crippen LogP contribution in [0, 0.1) is 0 Å². The fraction of sp³-hybridized carbons (Fsp3) is 0.600. The molecule has 4 rings (SSSR count). The molecule has 2 atom stereocenters. The van der Waals surface area contributed by atoms with Gasteiger partial charge in [0.1, 0.15) is 29.4 Å². The lowest BCUT2D eigenvalue weighted by molar-refractivity contribution is -0.136. The number of hydrogen-bond donors (Lipinski definition) is 2. The average Bonchev–Trinajstić information content (AvgIpc) is 2.98. The number of carbonyl (C=O) groups is 1. The summed E-state index contributed by atoms with van der Waals surface area (Å²) in [5, 5.41) is 13.1. The maximum absolute atomic E-state index is 13.6. The molecule has 0 bridgehead atoms. The van der Waals surface area contributed by atoms with Crippen molar-refractivity contribution in [2.45, 2.75) is 69.3 Å². The van der Waals surface area contributed by atoms with E-state index in [9.17, 15) is 23.1 Å². The van der Waals surface area contributed by atoms with E-state index in [0.29, 0.717) is 31.4 Å². The Morgan fingerprint density at radius 3 is 2.69 bits per heavy atom. The van der Waals surface area contributed by atoms with Crippen molar-refractivity contribution in [1.29, 1.82) is 0 Å². The van der Waals surface area contributed by atoms with Crippen molar-refractivity contribution in [1.82, 2.24) is 14.7 Å². The highest BCUT2D eigenvalue weighted by Gasteiger charge is 2.41. The number of hydrogen-bond acceptors (Lipinski definition) is 5. The molecule has 1 aliphatic heterocycles. The fourth-order valence-corrected chi connectivity index (χ4v) is 4.31. The first-order valence-electron chi connectivity index (χ1n) is 9.73. The molecule has 0 radical (unpaired) electrons. The van der Waals surface area contributed by atoms with Gasteiger partial charge >= 0.3 is 6.18 Å². The van der Waals surface area contributed by atoms with Crippen LogP contribution in [0.25, 0.3) is 5.65 Å². The second-order valence-electron chi connectivity index (χ2n) is 8.61. The minimum absolute atomic E-state index is 0.0222. The third-order valence-electron chi connectivity index (χ3n) is 5.62. The minimum atomic E-state index is -4.58. The molecule has 0 unspecified atom stereocenters. The number of ketones is 1. The summed E-state index contributed by atoms with van der Waals surface area (Å²) in [6, 6.07) is 0.748. The van der Waals surface area contributed by atoms with Crippen LogP contribution in [-0.4, -0.2) is 44.6 Å². The van der Waals surface area contributed by atoms with Gasteiger partial charge < -0.3 is 19.6 Å². The Morgan fingerprint density at radius 1 is 1.34 bits per heavy atom. The number of imidazole rings is 1. The third-order valence-corrected chi connectivity index (χ3v) is 5.62. The third kappa shape index (κ3) is 4.25. The van der Waals surface area contributed by atoms with Crippen LogP contribution in [0.4, 0.5) is 13.2 Å². The van der Waals surface area contributed by atoms with E-state index in [-0.39, 0.29) is 41.8 Å². The number of ether oxygens (including phenoxy) is 1. The zero-order valence-corrected chi connectivity index (χ0v) is 16.3. The number of aliphatic hydroxyl groups is 1. The van der Waals surface area contributed by atoms with Crippen LogP contribution in [0.5, 0.6) is 5.75 Å². The molecule has 1 aliphatic carbocycles. The molecule has 1 saturated heterocycles. The van der Waals surface area contributed by atoms with E-state index in [2.05, 4.69) is 10.3 Å². The maximum Gasteiger partial charge on any atom is 0.420 e. The summed E-state index contributed by atoms with van der Waals surface area (Å²) in [4.78, 5) is 15.9. The Hall–Kier alpha value is -2.13. The van der Waals surface area contributed by atoms with E-state index in [4.69, 9.17) is 4.74 Å². The second-order valence-corrected chi connectivity index (χ2v) is 8.61. The summed E-state index contributed by atoms with van der Waals surface area (Å²) in [7, 11) is 0. The predicted octanol–water partition coefficient (Wildman–Crippen LogP) is 3.07. The van der Waals surface area contributed by atoms with Gasteiger partial charge in [-0.15, -0.1) is 0 Å². The number of fused-ring (bicyclic) bond motifs is 1. The standard InChI is InChI=1S/C20H24F3N3O3/c1-11-3-14(27)4-13(24-11)10-29-15-5-16(20(21,22)23)18-25-17(9-26(18)8-15)12-6-19(2,28)7-12/h5,8-9,11-13,24,28H,3-4,6-7,10H2,1-2H3/t11-,12?,13-,19?/m0/s1. The van der Waals surface area contributed by atoms with Gasteiger partial charge in [-0.05, 0) is 32.8 Å². The molecule has 1 saturated carbocycles. The van der Waals surface area contributed by atoms with Gasteiger partial charge in [-0.2, -0.15) is 13.2 Å². The highest BCUT2D eigenvalue weighted by Crippen LogP contribution is 2.44. The van der Waals surface area contributed by atoms with Crippen molar-refractivity contribution in [3.63, 3.8) is 0 Å². The predicted molar refractivity (Wildman–Crippen MR) is 98.9 cm³/mol. The molecule has 29 heavy (non-hydrogen) atoms. The summed E-state index contributed by atoms with van der Waals surface area (Å²) < 4.78 is 47.8. The van der Waals surface area contributed by atoms with E-state index in [1.807, 2.05) is 6.92 Å². The molecule has 2 fully saturated rings. The van der Waals surface area contributed by atoms with Crippen LogP contribution >= 0.6 is 0 Å². The van der Waals surface area contributed by atoms with Crippen LogP contribution in [-0.2, 0) is 11.0 Å². The first-order chi connectivity index (χ1) is 13.5. The molecular formula is C20H24F3N3O3. The number of pyridine rings is 1. The van der Waals surface area contributed by atoms with Gasteiger partial charge in [0, 0.05) is 37.0 Å². The lowest BCUT2D eigenvalue weighted by Crippen LogP contribution is -2.47. The Labute approximate surface area is 166 Å². The van der Waals surface area contributed by atoms with E-state index < -0.39 is 17.3 Å². The molecule has 2 aliphatic rings. The Bertz CT molecular complexity index is 930. The van der Waals surface area contributed by atoms with Crippen LogP contribution < -0.4 is 10.1 Å². The maximum atomic E-state index is 13.6. The van der Waals surface area contributed by atoms with Gasteiger partial charge in [0.2, 0.25) is 0 Å². The van der Waals surface area contributed by atoms with E-state index in [1.165, 1.54) is 10.6 Å². The SMILES string of the molecule is C[C@H]1CC(=O)C[C@@H](COc2cc(C(F)(F)F)c3nc(C4CC(C)(O)C4)cn3c2)N1. The fourth-order valence-electron chi connectivity index (χ4n) is 4.31. The molecule has 2 N–H and O–H groups in total. The molecule has 0 spiro atoms. The Balaban J connectivity index is 1.58. The lowest BCUT2D eigenvalue weighted by atomic mass is 9.71. The number of Topliss-reactive ketones (excluding diaryl/α,β-unsaturated/α-hetero) is 1. The number of halogens is 3. The van der Waals surface area contributed by atoms with Crippen molar-refractivity contribution in [2.75, 3.05) is 6.61 Å². The number of piperidine rings is 1. The van der Waals surface area contributed by atoms with Gasteiger partial charge in [-0.3, -0.25) is 4.79 Å². The highest BCUT2D eigenvalue weighted by atomic mass is 19.4. The van der Waals surface area contributed by atoms with Gasteiger partial charge in [0.25, 0.3) is 0 Å². The average molecular weight is 411 g/mol. The van der Waals surface area contributed by atoms with E-state index in [1.54, 1.807) is 13.1 Å². The first kappa shape index (κ1) is 20.2. The monoisotopic (exact) mass is 411 g/mol. The van der Waals surface area contributed by atoms with Crippen LogP contribution in [0.3, 0.4) is 0 Å². The molecule has 6 nitrogen and oxygen atoms in total. The summed E-state index contributed by atoms with van der Waals surface area (Å²) >= 11 is 0. The van der Waals surface area contributed by atoms with Crippen molar-refractivity contribution in [3.8, 4) is 5.75 Å². The number of carbonyl (C=O) groups excluding carboxylic acids is 1. The van der Waals surface area contributed by atoms with E-state index in [0.717, 1.165) is 6.07 Å². The number of aromatic nitrogens is 2. The molecule has 2 aromatic heterocycles. The highest BCUT2D eigenvalue weighted by molar-refractivity contribution is 5.80. The number of alkyl halides is 3. The zero-order chi connectivity index (χ0) is 21.0. The topological polar surface area (TPSA) is 75.9 Å². The summed E-state index contributed by atoms with van der Waals surface area (Å²) in [6.45, 7) is 3.70. The number of rotatable bonds is 4. The van der Waals surface area contributed by atoms with Gasteiger partial charge in [0.05, 0.1) is 17.5 Å². The zero-order valence-electron chi connectivity index (χ0n) is 16.3. The lowest BCUT2D eigenvalue weighted by Gasteiger charge is -2.39. The molecule has 0 aromatic carbocycles. The van der Waals surface area contributed by atoms with Crippen LogP contribution in [0.15, 0.2) is 18.5 Å². The quantitative estimate of drug-likeness (QED) is 0.809. The molecular weight excluding hydrogens is 387 g/mol. The molecule has 3 heterocycles. The molecule has 158 valence electrons. The number of nitrogens with one attached hydrogen (secondary N) is 1. The largest absolute Gasteiger partial charge is 0.490 e.